The van der Waals surface area contributed by atoms with Crippen LogP contribution < -0.4 is 0 Å². The molecule has 3 nitrogen and oxygen atoms in total. The average Bonchev–Trinajstić information content (AvgIpc) is 2.67. The van der Waals surface area contributed by atoms with E-state index in [1.54, 1.807) is 12.1 Å². The van der Waals surface area contributed by atoms with Gasteiger partial charge < -0.3 is 4.52 Å². The van der Waals surface area contributed by atoms with Crippen molar-refractivity contribution in [1.82, 2.24) is 10.1 Å². The van der Waals surface area contributed by atoms with Crippen molar-refractivity contribution in [2.75, 3.05) is 0 Å². The van der Waals surface area contributed by atoms with Gasteiger partial charge in [0.15, 0.2) is 0 Å². The smallest absolute Gasteiger partial charge is 0.241 e. The SMILES string of the molecule is Fc1ccc(-c2noc(CCl)n2)cc1. The van der Waals surface area contributed by atoms with E-state index in [2.05, 4.69) is 10.1 Å². The van der Waals surface area contributed by atoms with Gasteiger partial charge in [0.2, 0.25) is 11.7 Å². The fraction of sp³-hybridized carbons (Fsp3) is 0.111. The molecule has 0 aliphatic rings. The normalized spacial score (nSPS) is 10.4. The number of hydrogen-bond donors (Lipinski definition) is 0. The van der Waals surface area contributed by atoms with Crippen LogP contribution in [0, 0.1) is 5.82 Å². The Bertz CT molecular complexity index is 427. The van der Waals surface area contributed by atoms with Crippen LogP contribution in [0.25, 0.3) is 11.4 Å². The summed E-state index contributed by atoms with van der Waals surface area (Å²) in [4.78, 5) is 4.00. The summed E-state index contributed by atoms with van der Waals surface area (Å²) in [6, 6.07) is 5.84. The molecule has 0 aliphatic heterocycles. The van der Waals surface area contributed by atoms with E-state index >= 15 is 0 Å². The first kappa shape index (κ1) is 9.15. The maximum absolute atomic E-state index is 12.6. The lowest BCUT2D eigenvalue weighted by atomic mass is 10.2. The van der Waals surface area contributed by atoms with E-state index in [0.717, 1.165) is 0 Å². The van der Waals surface area contributed by atoms with Crippen LogP contribution in [0.2, 0.25) is 0 Å². The Hall–Kier alpha value is -1.42. The zero-order valence-electron chi connectivity index (χ0n) is 7.08. The molecule has 0 radical (unpaired) electrons. The average molecular weight is 213 g/mol. The van der Waals surface area contributed by atoms with Crippen molar-refractivity contribution in [1.29, 1.82) is 0 Å². The highest BCUT2D eigenvalue weighted by Gasteiger charge is 2.06. The third-order valence-electron chi connectivity index (χ3n) is 1.68. The lowest BCUT2D eigenvalue weighted by Gasteiger charge is -1.92. The molecular weight excluding hydrogens is 207 g/mol. The molecule has 0 saturated heterocycles. The van der Waals surface area contributed by atoms with Gasteiger partial charge in [-0.05, 0) is 24.3 Å². The maximum Gasteiger partial charge on any atom is 0.241 e. The molecule has 0 amide bonds. The molecule has 0 bridgehead atoms. The minimum Gasteiger partial charge on any atom is -0.338 e. The number of nitrogens with zero attached hydrogens (tertiary/aromatic N) is 2. The van der Waals surface area contributed by atoms with E-state index < -0.39 is 0 Å². The molecule has 0 unspecified atom stereocenters. The first-order valence-electron chi connectivity index (χ1n) is 3.94. The lowest BCUT2D eigenvalue weighted by Crippen LogP contribution is -1.82. The van der Waals surface area contributed by atoms with Crippen LogP contribution in [-0.4, -0.2) is 10.1 Å². The van der Waals surface area contributed by atoms with Crippen LogP contribution in [0.4, 0.5) is 4.39 Å². The van der Waals surface area contributed by atoms with Crippen molar-refractivity contribution < 1.29 is 8.91 Å². The highest BCUT2D eigenvalue weighted by molar-refractivity contribution is 6.16. The van der Waals surface area contributed by atoms with Crippen LogP contribution in [-0.2, 0) is 5.88 Å². The van der Waals surface area contributed by atoms with Gasteiger partial charge in [-0.2, -0.15) is 4.98 Å². The zero-order chi connectivity index (χ0) is 9.97. The fourth-order valence-electron chi connectivity index (χ4n) is 1.03. The van der Waals surface area contributed by atoms with E-state index in [9.17, 15) is 4.39 Å². The lowest BCUT2D eigenvalue weighted by molar-refractivity contribution is 0.391. The predicted molar refractivity (Wildman–Crippen MR) is 49.2 cm³/mol. The first-order chi connectivity index (χ1) is 6.79. The minimum absolute atomic E-state index is 0.175. The second-order valence-corrected chi connectivity index (χ2v) is 2.92. The van der Waals surface area contributed by atoms with Crippen molar-refractivity contribution >= 4 is 11.6 Å². The number of rotatable bonds is 2. The number of benzene rings is 1. The molecule has 1 aromatic carbocycles. The van der Waals surface area contributed by atoms with Crippen molar-refractivity contribution in [3.63, 3.8) is 0 Å². The molecule has 2 rings (SSSR count). The Labute approximate surface area is 84.5 Å². The third-order valence-corrected chi connectivity index (χ3v) is 1.91. The molecule has 0 N–H and O–H groups in total. The molecule has 1 heterocycles. The first-order valence-corrected chi connectivity index (χ1v) is 4.47. The van der Waals surface area contributed by atoms with E-state index in [-0.39, 0.29) is 11.7 Å². The van der Waals surface area contributed by atoms with Crippen LogP contribution in [0.1, 0.15) is 5.89 Å². The highest BCUT2D eigenvalue weighted by atomic mass is 35.5. The molecule has 72 valence electrons. The van der Waals surface area contributed by atoms with Crippen molar-refractivity contribution in [2.24, 2.45) is 0 Å². The van der Waals surface area contributed by atoms with E-state index in [4.69, 9.17) is 16.1 Å². The summed E-state index contributed by atoms with van der Waals surface area (Å²) in [6.07, 6.45) is 0. The van der Waals surface area contributed by atoms with Gasteiger partial charge in [0.1, 0.15) is 11.7 Å². The highest BCUT2D eigenvalue weighted by Crippen LogP contribution is 2.16. The van der Waals surface area contributed by atoms with Gasteiger partial charge >= 0.3 is 0 Å². The molecule has 0 atom stereocenters. The van der Waals surface area contributed by atoms with Crippen LogP contribution in [0.3, 0.4) is 0 Å². The van der Waals surface area contributed by atoms with E-state index in [1.165, 1.54) is 12.1 Å². The van der Waals surface area contributed by atoms with Gasteiger partial charge in [-0.15, -0.1) is 11.6 Å². The molecule has 1 aromatic heterocycles. The maximum atomic E-state index is 12.6. The van der Waals surface area contributed by atoms with Gasteiger partial charge in [-0.3, -0.25) is 0 Å². The van der Waals surface area contributed by atoms with Crippen molar-refractivity contribution in [2.45, 2.75) is 5.88 Å². The Morgan fingerprint density at radius 1 is 1.29 bits per heavy atom. The third kappa shape index (κ3) is 1.75. The Kier molecular flexibility index (Phi) is 2.45. The molecular formula is C9H6ClFN2O. The molecule has 14 heavy (non-hydrogen) atoms. The Morgan fingerprint density at radius 3 is 2.57 bits per heavy atom. The summed E-state index contributed by atoms with van der Waals surface area (Å²) in [6.45, 7) is 0. The quantitative estimate of drug-likeness (QED) is 0.719. The summed E-state index contributed by atoms with van der Waals surface area (Å²) >= 11 is 5.50. The van der Waals surface area contributed by atoms with Gasteiger partial charge in [-0.1, -0.05) is 5.16 Å². The van der Waals surface area contributed by atoms with Crippen LogP contribution >= 0.6 is 11.6 Å². The topological polar surface area (TPSA) is 38.9 Å². The predicted octanol–water partition coefficient (Wildman–Crippen LogP) is 2.61. The van der Waals surface area contributed by atoms with Crippen LogP contribution in [0.15, 0.2) is 28.8 Å². The summed E-state index contributed by atoms with van der Waals surface area (Å²) in [7, 11) is 0. The van der Waals surface area contributed by atoms with Crippen molar-refractivity contribution in [3.05, 3.63) is 36.0 Å². The van der Waals surface area contributed by atoms with Crippen molar-refractivity contribution in [3.8, 4) is 11.4 Å². The minimum atomic E-state index is -0.296. The molecule has 0 saturated carbocycles. The largest absolute Gasteiger partial charge is 0.338 e. The number of hydrogen-bond acceptors (Lipinski definition) is 3. The van der Waals surface area contributed by atoms with Gasteiger partial charge in [0.05, 0.1) is 0 Å². The van der Waals surface area contributed by atoms with Gasteiger partial charge in [0, 0.05) is 5.56 Å². The Balaban J connectivity index is 2.34. The number of aromatic nitrogens is 2. The number of alkyl halides is 1. The summed E-state index contributed by atoms with van der Waals surface area (Å²) in [5.74, 6) is 0.648. The van der Waals surface area contributed by atoms with Gasteiger partial charge in [-0.25, -0.2) is 4.39 Å². The second-order valence-electron chi connectivity index (χ2n) is 2.65. The second kappa shape index (κ2) is 3.75. The Morgan fingerprint density at radius 2 is 2.00 bits per heavy atom. The zero-order valence-corrected chi connectivity index (χ0v) is 7.83. The monoisotopic (exact) mass is 212 g/mol. The molecule has 0 fully saturated rings. The summed E-state index contributed by atoms with van der Waals surface area (Å²) in [5.41, 5.74) is 0.700. The molecule has 0 aliphatic carbocycles. The molecule has 5 heteroatoms. The fourth-order valence-corrected chi connectivity index (χ4v) is 1.13. The molecule has 2 aromatic rings. The van der Waals surface area contributed by atoms with Gasteiger partial charge in [0.25, 0.3) is 0 Å². The number of halogens is 2. The summed E-state index contributed by atoms with van der Waals surface area (Å²) in [5, 5.41) is 3.69. The van der Waals surface area contributed by atoms with E-state index in [1.807, 2.05) is 0 Å². The van der Waals surface area contributed by atoms with E-state index in [0.29, 0.717) is 17.3 Å². The van der Waals surface area contributed by atoms with Crippen LogP contribution in [0.5, 0.6) is 0 Å². The molecule has 0 spiro atoms. The standard InChI is InChI=1S/C9H6ClFN2O/c10-5-8-12-9(13-14-8)6-1-3-7(11)4-2-6/h1-4H,5H2. The summed E-state index contributed by atoms with van der Waals surface area (Å²) < 4.78 is 17.4.